The van der Waals surface area contributed by atoms with Crippen LogP contribution in [0.5, 0.6) is 5.75 Å². The van der Waals surface area contributed by atoms with Gasteiger partial charge in [-0.3, -0.25) is 4.79 Å². The molecule has 104 valence electrons. The van der Waals surface area contributed by atoms with Gasteiger partial charge in [-0.1, -0.05) is 38.6 Å². The number of hydrogen-bond donors (Lipinski definition) is 2. The van der Waals surface area contributed by atoms with Crippen LogP contribution < -0.4 is 15.8 Å². The lowest BCUT2D eigenvalue weighted by molar-refractivity contribution is -0.117. The highest BCUT2D eigenvalue weighted by Crippen LogP contribution is 2.28. The van der Waals surface area contributed by atoms with Crippen LogP contribution in [0.4, 0.5) is 5.69 Å². The molecule has 0 aliphatic heterocycles. The molecular weight excluding hydrogens is 260 g/mol. The molecule has 0 saturated carbocycles. The Kier molecular flexibility index (Phi) is 5.76. The smallest absolute Gasteiger partial charge is 0.224 e. The van der Waals surface area contributed by atoms with E-state index >= 15 is 0 Å². The quantitative estimate of drug-likeness (QED) is 0.786. The molecule has 5 heteroatoms. The van der Waals surface area contributed by atoms with Gasteiger partial charge in [0.1, 0.15) is 10.7 Å². The van der Waals surface area contributed by atoms with E-state index in [1.807, 2.05) is 6.92 Å². The molecule has 0 bridgehead atoms. The predicted molar refractivity (Wildman–Crippen MR) is 81.6 cm³/mol. The maximum Gasteiger partial charge on any atom is 0.224 e. The van der Waals surface area contributed by atoms with E-state index in [1.54, 1.807) is 25.3 Å². The molecule has 0 spiro atoms. The van der Waals surface area contributed by atoms with E-state index in [9.17, 15) is 4.79 Å². The maximum atomic E-state index is 12.0. The molecule has 1 rings (SSSR count). The van der Waals surface area contributed by atoms with E-state index in [0.29, 0.717) is 29.3 Å². The molecule has 0 aromatic heterocycles. The first-order chi connectivity index (χ1) is 8.99. The van der Waals surface area contributed by atoms with E-state index in [1.165, 1.54) is 0 Å². The van der Waals surface area contributed by atoms with Crippen LogP contribution in [0.2, 0.25) is 0 Å². The first-order valence-electron chi connectivity index (χ1n) is 6.26. The molecule has 0 saturated heterocycles. The Morgan fingerprint density at radius 3 is 2.74 bits per heavy atom. The second-order valence-corrected chi connectivity index (χ2v) is 4.95. The SMILES string of the molecule is CCC(C)CC(=O)Nc1c(OC)cccc1C(N)=S. The third-order valence-electron chi connectivity index (χ3n) is 3.01. The van der Waals surface area contributed by atoms with Crippen molar-refractivity contribution < 1.29 is 9.53 Å². The Bertz CT molecular complexity index is 475. The van der Waals surface area contributed by atoms with Crippen molar-refractivity contribution in [3.05, 3.63) is 23.8 Å². The molecule has 0 radical (unpaired) electrons. The van der Waals surface area contributed by atoms with Gasteiger partial charge in [0.2, 0.25) is 5.91 Å². The van der Waals surface area contributed by atoms with Crippen LogP contribution >= 0.6 is 12.2 Å². The number of carbonyl (C=O) groups is 1. The highest BCUT2D eigenvalue weighted by molar-refractivity contribution is 7.80. The van der Waals surface area contributed by atoms with Crippen molar-refractivity contribution in [1.82, 2.24) is 0 Å². The van der Waals surface area contributed by atoms with Gasteiger partial charge in [0.25, 0.3) is 0 Å². The number of amides is 1. The van der Waals surface area contributed by atoms with Crippen LogP contribution in [0.15, 0.2) is 18.2 Å². The van der Waals surface area contributed by atoms with Crippen molar-refractivity contribution in [2.24, 2.45) is 11.7 Å². The van der Waals surface area contributed by atoms with Gasteiger partial charge in [0, 0.05) is 12.0 Å². The van der Waals surface area contributed by atoms with Gasteiger partial charge in [-0.15, -0.1) is 0 Å². The number of ether oxygens (including phenoxy) is 1. The Labute approximate surface area is 119 Å². The lowest BCUT2D eigenvalue weighted by Gasteiger charge is -2.15. The number of rotatable bonds is 6. The number of nitrogens with one attached hydrogen (secondary N) is 1. The minimum Gasteiger partial charge on any atom is -0.495 e. The summed E-state index contributed by atoms with van der Waals surface area (Å²) >= 11 is 4.99. The molecule has 3 N–H and O–H groups in total. The second-order valence-electron chi connectivity index (χ2n) is 4.51. The average Bonchev–Trinajstić information content (AvgIpc) is 2.38. The zero-order valence-corrected chi connectivity index (χ0v) is 12.3. The average molecular weight is 280 g/mol. The highest BCUT2D eigenvalue weighted by Gasteiger charge is 2.15. The summed E-state index contributed by atoms with van der Waals surface area (Å²) in [5.41, 5.74) is 6.83. The van der Waals surface area contributed by atoms with Crippen LogP contribution in [0, 0.1) is 5.92 Å². The van der Waals surface area contributed by atoms with Crippen LogP contribution in [-0.4, -0.2) is 18.0 Å². The predicted octanol–water partition coefficient (Wildman–Crippen LogP) is 2.70. The standard InChI is InChI=1S/C14H20N2O2S/c1-4-9(2)8-12(17)16-13-10(14(15)19)6-5-7-11(13)18-3/h5-7,9H,4,8H2,1-3H3,(H2,15,19)(H,16,17). The van der Waals surface area contributed by atoms with Gasteiger partial charge >= 0.3 is 0 Å². The number of thiocarbonyl (C=S) groups is 1. The van der Waals surface area contributed by atoms with Gasteiger partial charge in [-0.2, -0.15) is 0 Å². The van der Waals surface area contributed by atoms with E-state index in [-0.39, 0.29) is 10.9 Å². The molecule has 0 fully saturated rings. The number of para-hydroxylation sites is 1. The second kappa shape index (κ2) is 7.09. The fourth-order valence-electron chi connectivity index (χ4n) is 1.69. The van der Waals surface area contributed by atoms with E-state index in [2.05, 4.69) is 12.2 Å². The molecular formula is C14H20N2O2S. The van der Waals surface area contributed by atoms with Crippen LogP contribution in [0.25, 0.3) is 0 Å². The summed E-state index contributed by atoms with van der Waals surface area (Å²) in [4.78, 5) is 12.2. The summed E-state index contributed by atoms with van der Waals surface area (Å²) in [5.74, 6) is 0.835. The summed E-state index contributed by atoms with van der Waals surface area (Å²) in [6, 6.07) is 5.32. The van der Waals surface area contributed by atoms with E-state index in [4.69, 9.17) is 22.7 Å². The zero-order chi connectivity index (χ0) is 14.4. The van der Waals surface area contributed by atoms with Gasteiger partial charge < -0.3 is 15.8 Å². The van der Waals surface area contributed by atoms with Crippen molar-refractivity contribution in [2.45, 2.75) is 26.7 Å². The van der Waals surface area contributed by atoms with Gasteiger partial charge in [0.05, 0.1) is 12.8 Å². The number of anilines is 1. The fourth-order valence-corrected chi connectivity index (χ4v) is 1.86. The third kappa shape index (κ3) is 4.21. The lowest BCUT2D eigenvalue weighted by atomic mass is 10.0. The van der Waals surface area contributed by atoms with E-state index < -0.39 is 0 Å². The Hall–Kier alpha value is -1.62. The van der Waals surface area contributed by atoms with Crippen LogP contribution in [-0.2, 0) is 4.79 Å². The third-order valence-corrected chi connectivity index (χ3v) is 3.23. The van der Waals surface area contributed by atoms with Crippen LogP contribution in [0.1, 0.15) is 32.3 Å². The minimum atomic E-state index is -0.0589. The lowest BCUT2D eigenvalue weighted by Crippen LogP contribution is -2.19. The molecule has 1 aromatic carbocycles. The van der Waals surface area contributed by atoms with Crippen molar-refractivity contribution in [3.63, 3.8) is 0 Å². The van der Waals surface area contributed by atoms with Crippen molar-refractivity contribution in [1.29, 1.82) is 0 Å². The summed E-state index contributed by atoms with van der Waals surface area (Å²) in [6.07, 6.45) is 1.42. The molecule has 1 amide bonds. The summed E-state index contributed by atoms with van der Waals surface area (Å²) in [6.45, 7) is 4.10. The molecule has 19 heavy (non-hydrogen) atoms. The number of nitrogens with two attached hydrogens (primary N) is 1. The largest absolute Gasteiger partial charge is 0.495 e. The topological polar surface area (TPSA) is 64.3 Å². The number of benzene rings is 1. The van der Waals surface area contributed by atoms with Gasteiger partial charge in [-0.25, -0.2) is 0 Å². The Morgan fingerprint density at radius 1 is 1.53 bits per heavy atom. The Balaban J connectivity index is 2.98. The maximum absolute atomic E-state index is 12.0. The minimum absolute atomic E-state index is 0.0589. The van der Waals surface area contributed by atoms with Gasteiger partial charge in [-0.05, 0) is 18.1 Å². The molecule has 0 aliphatic carbocycles. The molecule has 0 heterocycles. The number of carbonyl (C=O) groups excluding carboxylic acids is 1. The van der Waals surface area contributed by atoms with Crippen molar-refractivity contribution >= 4 is 28.8 Å². The normalized spacial score (nSPS) is 11.7. The summed E-state index contributed by atoms with van der Waals surface area (Å²) in [5, 5.41) is 2.85. The summed E-state index contributed by atoms with van der Waals surface area (Å²) < 4.78 is 5.24. The molecule has 4 nitrogen and oxygen atoms in total. The highest BCUT2D eigenvalue weighted by atomic mass is 32.1. The first kappa shape index (κ1) is 15.4. The molecule has 1 aromatic rings. The monoisotopic (exact) mass is 280 g/mol. The molecule has 1 atom stereocenters. The molecule has 1 unspecified atom stereocenters. The molecule has 0 aliphatic rings. The summed E-state index contributed by atoms with van der Waals surface area (Å²) in [7, 11) is 1.54. The van der Waals surface area contributed by atoms with E-state index in [0.717, 1.165) is 6.42 Å². The first-order valence-corrected chi connectivity index (χ1v) is 6.67. The number of methoxy groups -OCH3 is 1. The van der Waals surface area contributed by atoms with Crippen LogP contribution in [0.3, 0.4) is 0 Å². The Morgan fingerprint density at radius 2 is 2.21 bits per heavy atom. The number of hydrogen-bond acceptors (Lipinski definition) is 3. The van der Waals surface area contributed by atoms with Crippen molar-refractivity contribution in [2.75, 3.05) is 12.4 Å². The fraction of sp³-hybridized carbons (Fsp3) is 0.429. The van der Waals surface area contributed by atoms with Gasteiger partial charge in [0.15, 0.2) is 0 Å². The van der Waals surface area contributed by atoms with Crippen molar-refractivity contribution in [3.8, 4) is 5.75 Å². The zero-order valence-electron chi connectivity index (χ0n) is 11.5.